The number of aryl methyl sites for hydroxylation is 2. The van der Waals surface area contributed by atoms with E-state index in [1.54, 1.807) is 13.0 Å². The fraction of sp³-hybridized carbons (Fsp3) is 0.294. The lowest BCUT2D eigenvalue weighted by Gasteiger charge is -2.13. The van der Waals surface area contributed by atoms with Crippen LogP contribution in [-0.4, -0.2) is 5.11 Å². The molecule has 2 aromatic rings. The van der Waals surface area contributed by atoms with Crippen LogP contribution in [0.5, 0.6) is 5.75 Å². The minimum atomic E-state index is -0.484. The van der Waals surface area contributed by atoms with Gasteiger partial charge in [0.25, 0.3) is 0 Å². The summed E-state index contributed by atoms with van der Waals surface area (Å²) in [6, 6.07) is 10.3. The first kappa shape index (κ1) is 14.5. The number of ether oxygens (including phenoxy) is 1. The largest absolute Gasteiger partial charge is 0.489 e. The van der Waals surface area contributed by atoms with Crippen LogP contribution < -0.4 is 4.74 Å². The molecule has 0 saturated carbocycles. The van der Waals surface area contributed by atoms with Crippen molar-refractivity contribution in [2.24, 2.45) is 0 Å². The van der Waals surface area contributed by atoms with Crippen molar-refractivity contribution in [2.45, 2.75) is 33.5 Å². The van der Waals surface area contributed by atoms with E-state index in [4.69, 9.17) is 4.74 Å². The minimum Gasteiger partial charge on any atom is -0.489 e. The zero-order valence-electron chi connectivity index (χ0n) is 12.0. The van der Waals surface area contributed by atoms with Gasteiger partial charge in [-0.05, 0) is 67.3 Å². The predicted octanol–water partition coefficient (Wildman–Crippen LogP) is 4.07. The number of hydrogen-bond donors (Lipinski definition) is 1. The van der Waals surface area contributed by atoms with Gasteiger partial charge in [0, 0.05) is 0 Å². The van der Waals surface area contributed by atoms with Crippen molar-refractivity contribution in [3.63, 3.8) is 0 Å². The summed E-state index contributed by atoms with van der Waals surface area (Å²) in [5.74, 6) is 0.543. The molecule has 0 aromatic heterocycles. The molecule has 20 heavy (non-hydrogen) atoms. The summed E-state index contributed by atoms with van der Waals surface area (Å²) < 4.78 is 18.8. The third-order valence-corrected chi connectivity index (χ3v) is 3.37. The average molecular weight is 274 g/mol. The second kappa shape index (κ2) is 6.06. The van der Waals surface area contributed by atoms with E-state index in [-0.39, 0.29) is 5.82 Å². The quantitative estimate of drug-likeness (QED) is 0.910. The number of hydrogen-bond acceptors (Lipinski definition) is 2. The van der Waals surface area contributed by atoms with E-state index in [1.807, 2.05) is 32.0 Å². The zero-order chi connectivity index (χ0) is 14.7. The van der Waals surface area contributed by atoms with Crippen LogP contribution in [-0.2, 0) is 6.61 Å². The Kier molecular flexibility index (Phi) is 4.40. The Hall–Kier alpha value is -1.87. The third kappa shape index (κ3) is 3.36. The van der Waals surface area contributed by atoms with E-state index in [9.17, 15) is 9.50 Å². The summed E-state index contributed by atoms with van der Waals surface area (Å²) in [4.78, 5) is 0. The second-order valence-corrected chi connectivity index (χ2v) is 5.06. The van der Waals surface area contributed by atoms with Gasteiger partial charge in [-0.25, -0.2) is 4.39 Å². The van der Waals surface area contributed by atoms with E-state index in [0.29, 0.717) is 6.61 Å². The Balaban J connectivity index is 2.11. The van der Waals surface area contributed by atoms with Crippen LogP contribution in [0.2, 0.25) is 0 Å². The lowest BCUT2D eigenvalue weighted by atomic mass is 10.1. The van der Waals surface area contributed by atoms with Gasteiger partial charge in [-0.15, -0.1) is 0 Å². The Morgan fingerprint density at radius 1 is 1.10 bits per heavy atom. The fourth-order valence-electron chi connectivity index (χ4n) is 2.07. The number of benzene rings is 2. The van der Waals surface area contributed by atoms with Crippen molar-refractivity contribution in [3.05, 3.63) is 64.5 Å². The van der Waals surface area contributed by atoms with Crippen molar-refractivity contribution < 1.29 is 14.2 Å². The molecule has 0 unspecified atom stereocenters. The van der Waals surface area contributed by atoms with E-state index < -0.39 is 6.10 Å². The topological polar surface area (TPSA) is 29.5 Å². The third-order valence-electron chi connectivity index (χ3n) is 3.37. The predicted molar refractivity (Wildman–Crippen MR) is 77.3 cm³/mol. The van der Waals surface area contributed by atoms with Crippen molar-refractivity contribution in [2.75, 3.05) is 0 Å². The average Bonchev–Trinajstić information content (AvgIpc) is 2.38. The number of halogens is 1. The smallest absolute Gasteiger partial charge is 0.123 e. The van der Waals surface area contributed by atoms with Crippen molar-refractivity contribution >= 4 is 0 Å². The lowest BCUT2D eigenvalue weighted by Crippen LogP contribution is -2.00. The highest BCUT2D eigenvalue weighted by atomic mass is 19.1. The van der Waals surface area contributed by atoms with Crippen LogP contribution in [0.1, 0.15) is 35.3 Å². The van der Waals surface area contributed by atoms with Crippen LogP contribution in [0, 0.1) is 19.7 Å². The van der Waals surface area contributed by atoms with E-state index in [0.717, 1.165) is 28.0 Å². The molecular formula is C17H19FO2. The highest BCUT2D eigenvalue weighted by molar-refractivity contribution is 5.37. The van der Waals surface area contributed by atoms with Crippen LogP contribution in [0.15, 0.2) is 36.4 Å². The SMILES string of the molecule is Cc1cc(F)ccc1COc1ccc([C@@H](C)O)cc1C. The summed E-state index contributed by atoms with van der Waals surface area (Å²) in [6.07, 6.45) is -0.484. The molecule has 0 radical (unpaired) electrons. The number of aliphatic hydroxyl groups excluding tert-OH is 1. The maximum atomic E-state index is 13.0. The Morgan fingerprint density at radius 3 is 2.45 bits per heavy atom. The monoisotopic (exact) mass is 274 g/mol. The minimum absolute atomic E-state index is 0.233. The molecule has 0 fully saturated rings. The van der Waals surface area contributed by atoms with Crippen LogP contribution >= 0.6 is 0 Å². The summed E-state index contributed by atoms with van der Waals surface area (Å²) >= 11 is 0. The molecule has 2 aromatic carbocycles. The van der Waals surface area contributed by atoms with Crippen molar-refractivity contribution in [1.29, 1.82) is 0 Å². The van der Waals surface area contributed by atoms with Gasteiger partial charge in [0.1, 0.15) is 18.2 Å². The van der Waals surface area contributed by atoms with Gasteiger partial charge in [-0.1, -0.05) is 12.1 Å². The zero-order valence-corrected chi connectivity index (χ0v) is 12.0. The molecule has 2 rings (SSSR count). The van der Waals surface area contributed by atoms with Gasteiger partial charge < -0.3 is 9.84 Å². The van der Waals surface area contributed by atoms with Gasteiger partial charge >= 0.3 is 0 Å². The van der Waals surface area contributed by atoms with Crippen LogP contribution in [0.4, 0.5) is 4.39 Å². The highest BCUT2D eigenvalue weighted by Gasteiger charge is 2.06. The van der Waals surface area contributed by atoms with E-state index in [1.165, 1.54) is 12.1 Å². The molecule has 0 heterocycles. The molecule has 1 atom stereocenters. The molecule has 2 nitrogen and oxygen atoms in total. The second-order valence-electron chi connectivity index (χ2n) is 5.06. The lowest BCUT2D eigenvalue weighted by molar-refractivity contribution is 0.199. The summed E-state index contributed by atoms with van der Waals surface area (Å²) in [6.45, 7) is 5.95. The summed E-state index contributed by atoms with van der Waals surface area (Å²) in [5.41, 5.74) is 3.68. The summed E-state index contributed by atoms with van der Waals surface area (Å²) in [5, 5.41) is 9.53. The molecule has 0 bridgehead atoms. The molecule has 0 spiro atoms. The Labute approximate surface area is 118 Å². The van der Waals surface area contributed by atoms with Gasteiger partial charge in [0.05, 0.1) is 6.10 Å². The van der Waals surface area contributed by atoms with Gasteiger partial charge in [0.2, 0.25) is 0 Å². The van der Waals surface area contributed by atoms with Gasteiger partial charge in [-0.2, -0.15) is 0 Å². The molecule has 1 N–H and O–H groups in total. The maximum absolute atomic E-state index is 13.0. The summed E-state index contributed by atoms with van der Waals surface area (Å²) in [7, 11) is 0. The molecular weight excluding hydrogens is 255 g/mol. The Bertz CT molecular complexity index is 606. The molecule has 106 valence electrons. The molecule has 0 aliphatic carbocycles. The molecule has 0 amide bonds. The molecule has 3 heteroatoms. The normalized spacial score (nSPS) is 12.2. The molecule has 0 aliphatic heterocycles. The molecule has 0 saturated heterocycles. The van der Waals surface area contributed by atoms with Crippen LogP contribution in [0.25, 0.3) is 0 Å². The van der Waals surface area contributed by atoms with Crippen LogP contribution in [0.3, 0.4) is 0 Å². The first-order valence-electron chi connectivity index (χ1n) is 6.64. The molecule has 0 aliphatic rings. The standard InChI is InChI=1S/C17H19FO2/c1-11-9-16(18)6-4-15(11)10-20-17-7-5-14(13(3)19)8-12(17)2/h4-9,13,19H,10H2,1-3H3/t13-/m1/s1. The van der Waals surface area contributed by atoms with Gasteiger partial charge in [-0.3, -0.25) is 0 Å². The first-order chi connectivity index (χ1) is 9.47. The first-order valence-corrected chi connectivity index (χ1v) is 6.64. The van der Waals surface area contributed by atoms with Crippen molar-refractivity contribution in [3.8, 4) is 5.75 Å². The van der Waals surface area contributed by atoms with Gasteiger partial charge in [0.15, 0.2) is 0 Å². The number of aliphatic hydroxyl groups is 1. The van der Waals surface area contributed by atoms with E-state index >= 15 is 0 Å². The highest BCUT2D eigenvalue weighted by Crippen LogP contribution is 2.24. The maximum Gasteiger partial charge on any atom is 0.123 e. The van der Waals surface area contributed by atoms with Crippen molar-refractivity contribution in [1.82, 2.24) is 0 Å². The van der Waals surface area contributed by atoms with E-state index in [2.05, 4.69) is 0 Å². The fourth-order valence-corrected chi connectivity index (χ4v) is 2.07. The Morgan fingerprint density at radius 2 is 1.85 bits per heavy atom. The number of rotatable bonds is 4.